The number of hydrogen-bond acceptors (Lipinski definition) is 3. The Bertz CT molecular complexity index is 535. The number of benzene rings is 1. The molecule has 3 rings (SSSR count). The first kappa shape index (κ1) is 14.5. The van der Waals surface area contributed by atoms with Crippen molar-refractivity contribution in [1.82, 2.24) is 0 Å². The van der Waals surface area contributed by atoms with Gasteiger partial charge in [-0.3, -0.25) is 4.79 Å². The summed E-state index contributed by atoms with van der Waals surface area (Å²) in [7, 11) is 0. The SMILES string of the molecule is CC(=O)c1ccc(F)cc1OC1CCOC2(CCCC2)C1. The smallest absolute Gasteiger partial charge is 0.163 e. The van der Waals surface area contributed by atoms with Crippen LogP contribution in [0, 0.1) is 5.82 Å². The molecule has 2 fully saturated rings. The summed E-state index contributed by atoms with van der Waals surface area (Å²) in [5.74, 6) is -0.118. The first-order chi connectivity index (χ1) is 10.1. The molecule has 1 saturated carbocycles. The Kier molecular flexibility index (Phi) is 3.98. The maximum absolute atomic E-state index is 13.4. The highest BCUT2D eigenvalue weighted by Crippen LogP contribution is 2.41. The summed E-state index contributed by atoms with van der Waals surface area (Å²) in [5, 5.41) is 0. The number of Topliss-reactive ketones (excluding diaryl/α,β-unsaturated/α-hetero) is 1. The maximum atomic E-state index is 13.4. The molecular formula is C17H21FO3. The number of hydrogen-bond donors (Lipinski definition) is 0. The molecule has 1 aliphatic heterocycles. The van der Waals surface area contributed by atoms with E-state index in [0.29, 0.717) is 17.9 Å². The van der Waals surface area contributed by atoms with Crippen molar-refractivity contribution in [3.63, 3.8) is 0 Å². The van der Waals surface area contributed by atoms with Crippen molar-refractivity contribution < 1.29 is 18.7 Å². The highest BCUT2D eigenvalue weighted by molar-refractivity contribution is 5.96. The molecule has 0 aromatic heterocycles. The van der Waals surface area contributed by atoms with Crippen molar-refractivity contribution >= 4 is 5.78 Å². The second kappa shape index (κ2) is 5.76. The molecular weight excluding hydrogens is 271 g/mol. The van der Waals surface area contributed by atoms with E-state index >= 15 is 0 Å². The van der Waals surface area contributed by atoms with Crippen molar-refractivity contribution in [1.29, 1.82) is 0 Å². The summed E-state index contributed by atoms with van der Waals surface area (Å²) in [6, 6.07) is 4.11. The quantitative estimate of drug-likeness (QED) is 0.793. The van der Waals surface area contributed by atoms with Gasteiger partial charge in [0.15, 0.2) is 5.78 Å². The van der Waals surface area contributed by atoms with Crippen LogP contribution < -0.4 is 4.74 Å². The molecule has 4 heteroatoms. The lowest BCUT2D eigenvalue weighted by Crippen LogP contribution is -2.41. The Morgan fingerprint density at radius 2 is 2.14 bits per heavy atom. The lowest BCUT2D eigenvalue weighted by atomic mass is 9.90. The molecule has 0 N–H and O–H groups in total. The Morgan fingerprint density at radius 3 is 2.86 bits per heavy atom. The fourth-order valence-electron chi connectivity index (χ4n) is 3.52. The summed E-state index contributed by atoms with van der Waals surface area (Å²) in [6.07, 6.45) is 6.18. The van der Waals surface area contributed by atoms with E-state index in [2.05, 4.69) is 0 Å². The highest BCUT2D eigenvalue weighted by Gasteiger charge is 2.40. The molecule has 3 nitrogen and oxygen atoms in total. The topological polar surface area (TPSA) is 35.5 Å². The lowest BCUT2D eigenvalue weighted by Gasteiger charge is -2.38. The largest absolute Gasteiger partial charge is 0.489 e. The van der Waals surface area contributed by atoms with Gasteiger partial charge in [-0.15, -0.1) is 0 Å². The van der Waals surface area contributed by atoms with Gasteiger partial charge in [0.05, 0.1) is 17.8 Å². The van der Waals surface area contributed by atoms with Gasteiger partial charge in [-0.05, 0) is 31.9 Å². The molecule has 114 valence electrons. The normalized spacial score (nSPS) is 24.2. The number of ketones is 1. The lowest BCUT2D eigenvalue weighted by molar-refractivity contribution is -0.108. The molecule has 0 amide bonds. The number of rotatable bonds is 3. The maximum Gasteiger partial charge on any atom is 0.163 e. The van der Waals surface area contributed by atoms with Crippen LogP contribution in [0.15, 0.2) is 18.2 Å². The molecule has 21 heavy (non-hydrogen) atoms. The number of carbonyl (C=O) groups is 1. The number of carbonyl (C=O) groups excluding carboxylic acids is 1. The second-order valence-corrected chi connectivity index (χ2v) is 6.17. The van der Waals surface area contributed by atoms with Gasteiger partial charge in [0.1, 0.15) is 17.7 Å². The summed E-state index contributed by atoms with van der Waals surface area (Å²) in [6.45, 7) is 2.15. The summed E-state index contributed by atoms with van der Waals surface area (Å²) < 4.78 is 25.4. The van der Waals surface area contributed by atoms with Gasteiger partial charge in [-0.1, -0.05) is 12.8 Å². The van der Waals surface area contributed by atoms with Gasteiger partial charge >= 0.3 is 0 Å². The average Bonchev–Trinajstić information content (AvgIpc) is 2.86. The van der Waals surface area contributed by atoms with E-state index in [1.165, 1.54) is 38.0 Å². The summed E-state index contributed by atoms with van der Waals surface area (Å²) in [5.41, 5.74) is 0.399. The van der Waals surface area contributed by atoms with Crippen LogP contribution in [0.25, 0.3) is 0 Å². The van der Waals surface area contributed by atoms with Crippen LogP contribution in [0.5, 0.6) is 5.75 Å². The molecule has 2 aliphatic rings. The zero-order chi connectivity index (χ0) is 14.9. The second-order valence-electron chi connectivity index (χ2n) is 6.17. The van der Waals surface area contributed by atoms with Crippen molar-refractivity contribution in [2.24, 2.45) is 0 Å². The predicted octanol–water partition coefficient (Wildman–Crippen LogP) is 3.90. The zero-order valence-electron chi connectivity index (χ0n) is 12.4. The minimum Gasteiger partial charge on any atom is -0.489 e. The molecule has 1 spiro atoms. The van der Waals surface area contributed by atoms with Crippen molar-refractivity contribution in [2.45, 2.75) is 57.2 Å². The van der Waals surface area contributed by atoms with Crippen LogP contribution in [0.2, 0.25) is 0 Å². The molecule has 0 radical (unpaired) electrons. The van der Waals surface area contributed by atoms with Crippen molar-refractivity contribution in [3.8, 4) is 5.75 Å². The van der Waals surface area contributed by atoms with Gasteiger partial charge < -0.3 is 9.47 Å². The van der Waals surface area contributed by atoms with Gasteiger partial charge in [0.25, 0.3) is 0 Å². The third-order valence-electron chi connectivity index (χ3n) is 4.58. The van der Waals surface area contributed by atoms with E-state index < -0.39 is 0 Å². The molecule has 1 unspecified atom stereocenters. The fourth-order valence-corrected chi connectivity index (χ4v) is 3.52. The number of ether oxygens (including phenoxy) is 2. The predicted molar refractivity (Wildman–Crippen MR) is 77.2 cm³/mol. The molecule has 1 aromatic rings. The third-order valence-corrected chi connectivity index (χ3v) is 4.58. The number of halogens is 1. The van der Waals surface area contributed by atoms with E-state index in [9.17, 15) is 9.18 Å². The minimum absolute atomic E-state index is 0.00301. The van der Waals surface area contributed by atoms with Crippen LogP contribution in [0.3, 0.4) is 0 Å². The molecule has 0 bridgehead atoms. The Morgan fingerprint density at radius 1 is 1.38 bits per heavy atom. The monoisotopic (exact) mass is 292 g/mol. The molecule has 1 heterocycles. The van der Waals surface area contributed by atoms with Gasteiger partial charge in [-0.2, -0.15) is 0 Å². The summed E-state index contributed by atoms with van der Waals surface area (Å²) in [4.78, 5) is 11.6. The molecule has 1 atom stereocenters. The standard InChI is InChI=1S/C17H21FO3/c1-12(19)15-5-4-13(18)10-16(15)21-14-6-9-20-17(11-14)7-2-3-8-17/h4-5,10,14H,2-3,6-9,11H2,1H3. The van der Waals surface area contributed by atoms with Crippen LogP contribution in [0.4, 0.5) is 4.39 Å². The molecule has 1 aliphatic carbocycles. The highest BCUT2D eigenvalue weighted by atomic mass is 19.1. The minimum atomic E-state index is -0.377. The van der Waals surface area contributed by atoms with Crippen molar-refractivity contribution in [3.05, 3.63) is 29.6 Å². The van der Waals surface area contributed by atoms with E-state index in [1.54, 1.807) is 0 Å². The van der Waals surface area contributed by atoms with Crippen LogP contribution in [0.1, 0.15) is 55.8 Å². The average molecular weight is 292 g/mol. The Labute approximate surface area is 124 Å². The first-order valence-corrected chi connectivity index (χ1v) is 7.69. The van der Waals surface area contributed by atoms with Crippen LogP contribution in [-0.4, -0.2) is 24.1 Å². The van der Waals surface area contributed by atoms with Gasteiger partial charge in [0.2, 0.25) is 0 Å². The van der Waals surface area contributed by atoms with Crippen LogP contribution >= 0.6 is 0 Å². The van der Waals surface area contributed by atoms with Gasteiger partial charge in [-0.25, -0.2) is 4.39 Å². The van der Waals surface area contributed by atoms with E-state index in [0.717, 1.165) is 25.7 Å². The summed E-state index contributed by atoms with van der Waals surface area (Å²) >= 11 is 0. The van der Waals surface area contributed by atoms with Crippen LogP contribution in [-0.2, 0) is 4.74 Å². The van der Waals surface area contributed by atoms with E-state index in [-0.39, 0.29) is 23.3 Å². The van der Waals surface area contributed by atoms with Gasteiger partial charge in [0, 0.05) is 18.9 Å². The fraction of sp³-hybridized carbons (Fsp3) is 0.588. The van der Waals surface area contributed by atoms with E-state index in [4.69, 9.17) is 9.47 Å². The first-order valence-electron chi connectivity index (χ1n) is 7.69. The Balaban J connectivity index is 1.77. The zero-order valence-corrected chi connectivity index (χ0v) is 12.4. The Hall–Kier alpha value is -1.42. The molecule has 1 aromatic carbocycles. The van der Waals surface area contributed by atoms with E-state index in [1.807, 2.05) is 0 Å². The third kappa shape index (κ3) is 3.10. The van der Waals surface area contributed by atoms with Crippen molar-refractivity contribution in [2.75, 3.05) is 6.61 Å². The molecule has 1 saturated heterocycles.